The van der Waals surface area contributed by atoms with Crippen LogP contribution >= 0.6 is 0 Å². The number of nitrogens with zero attached hydrogens (tertiary/aromatic N) is 3. The van der Waals surface area contributed by atoms with E-state index >= 15 is 0 Å². The molecule has 2 aromatic carbocycles. The number of aromatic nitrogens is 2. The summed E-state index contributed by atoms with van der Waals surface area (Å²) in [6, 6.07) is 26.3. The molecule has 5 heteroatoms. The molecule has 4 aromatic rings. The lowest BCUT2D eigenvalue weighted by molar-refractivity contribution is 0.0778. The van der Waals surface area contributed by atoms with Gasteiger partial charge in [-0.2, -0.15) is 0 Å². The Morgan fingerprint density at radius 3 is 2.40 bits per heavy atom. The number of amides is 1. The minimum Gasteiger partial charge on any atom is -0.336 e. The molecule has 0 spiro atoms. The first-order valence-electron chi connectivity index (χ1n) is 10.2. The lowest BCUT2D eigenvalue weighted by atomic mass is 10.1. The molecule has 0 saturated heterocycles. The summed E-state index contributed by atoms with van der Waals surface area (Å²) in [6.45, 7) is 3.21. The molecule has 5 nitrogen and oxygen atoms in total. The van der Waals surface area contributed by atoms with Crippen molar-refractivity contribution in [2.75, 3.05) is 7.05 Å². The SMILES string of the molecule is C[C@@H](NCc1c(C(=O)N(C)Cc2ccccc2)nc2ccccn12)c1ccccc1. The van der Waals surface area contributed by atoms with Crippen molar-refractivity contribution in [3.8, 4) is 0 Å². The lowest BCUT2D eigenvalue weighted by Gasteiger charge is -2.18. The van der Waals surface area contributed by atoms with Crippen molar-refractivity contribution in [1.82, 2.24) is 19.6 Å². The second-order valence-corrected chi connectivity index (χ2v) is 7.50. The topological polar surface area (TPSA) is 49.6 Å². The number of rotatable bonds is 7. The molecule has 152 valence electrons. The summed E-state index contributed by atoms with van der Waals surface area (Å²) in [5.41, 5.74) is 4.44. The molecule has 4 rings (SSSR count). The van der Waals surface area contributed by atoms with Gasteiger partial charge in [0.2, 0.25) is 0 Å². The predicted octanol–water partition coefficient (Wildman–Crippen LogP) is 4.46. The molecule has 0 saturated carbocycles. The fourth-order valence-electron chi connectivity index (χ4n) is 3.61. The van der Waals surface area contributed by atoms with Crippen LogP contribution in [0.15, 0.2) is 85.1 Å². The van der Waals surface area contributed by atoms with Crippen LogP contribution < -0.4 is 5.32 Å². The van der Waals surface area contributed by atoms with Gasteiger partial charge in [0.05, 0.1) is 5.69 Å². The van der Waals surface area contributed by atoms with E-state index in [-0.39, 0.29) is 11.9 Å². The lowest BCUT2D eigenvalue weighted by Crippen LogP contribution is -2.28. The monoisotopic (exact) mass is 398 g/mol. The average molecular weight is 399 g/mol. The van der Waals surface area contributed by atoms with Crippen molar-refractivity contribution in [3.63, 3.8) is 0 Å². The Bertz CT molecular complexity index is 1120. The summed E-state index contributed by atoms with van der Waals surface area (Å²) >= 11 is 0. The van der Waals surface area contributed by atoms with Gasteiger partial charge in [-0.05, 0) is 30.2 Å². The van der Waals surface area contributed by atoms with Crippen LogP contribution in [0.2, 0.25) is 0 Å². The number of hydrogen-bond donors (Lipinski definition) is 1. The average Bonchev–Trinajstić information content (AvgIpc) is 3.16. The third-order valence-electron chi connectivity index (χ3n) is 5.32. The number of imidazole rings is 1. The molecule has 1 N–H and O–H groups in total. The number of benzene rings is 2. The molecule has 1 atom stereocenters. The number of carbonyl (C=O) groups excluding carboxylic acids is 1. The molecule has 0 aliphatic heterocycles. The summed E-state index contributed by atoms with van der Waals surface area (Å²) in [7, 11) is 1.82. The molecular formula is C25H26N4O. The third kappa shape index (κ3) is 4.26. The van der Waals surface area contributed by atoms with Gasteiger partial charge in [-0.15, -0.1) is 0 Å². The highest BCUT2D eigenvalue weighted by atomic mass is 16.2. The number of pyridine rings is 1. The number of nitrogens with one attached hydrogen (secondary N) is 1. The van der Waals surface area contributed by atoms with Gasteiger partial charge in [0.15, 0.2) is 5.69 Å². The molecule has 2 aromatic heterocycles. The van der Waals surface area contributed by atoms with E-state index in [0.717, 1.165) is 16.9 Å². The summed E-state index contributed by atoms with van der Waals surface area (Å²) < 4.78 is 1.99. The summed E-state index contributed by atoms with van der Waals surface area (Å²) in [5, 5.41) is 3.55. The van der Waals surface area contributed by atoms with Crippen molar-refractivity contribution in [2.45, 2.75) is 26.1 Å². The first-order chi connectivity index (χ1) is 14.6. The van der Waals surface area contributed by atoms with E-state index in [2.05, 4.69) is 29.4 Å². The fourth-order valence-corrected chi connectivity index (χ4v) is 3.61. The van der Waals surface area contributed by atoms with Gasteiger partial charge in [-0.1, -0.05) is 66.7 Å². The molecule has 0 radical (unpaired) electrons. The van der Waals surface area contributed by atoms with E-state index in [1.54, 1.807) is 4.90 Å². The largest absolute Gasteiger partial charge is 0.336 e. The van der Waals surface area contributed by atoms with Crippen LogP contribution in [-0.2, 0) is 13.1 Å². The Labute approximate surface area is 177 Å². The molecule has 0 aliphatic carbocycles. The van der Waals surface area contributed by atoms with Crippen LogP contribution in [0.3, 0.4) is 0 Å². The standard InChI is InChI=1S/C25H26N4O/c1-19(21-13-7-4-8-14-21)26-17-22-24(27-23-15-9-10-16-29(22)23)25(30)28(2)18-20-11-5-3-6-12-20/h3-16,19,26H,17-18H2,1-2H3/t19-/m1/s1. The molecule has 0 unspecified atom stereocenters. The molecule has 30 heavy (non-hydrogen) atoms. The fraction of sp³-hybridized carbons (Fsp3) is 0.200. The summed E-state index contributed by atoms with van der Waals surface area (Å²) in [5.74, 6) is -0.0771. The second kappa shape index (κ2) is 8.93. The maximum absolute atomic E-state index is 13.3. The van der Waals surface area contributed by atoms with Crippen molar-refractivity contribution in [3.05, 3.63) is 108 Å². The Kier molecular flexibility index (Phi) is 5.91. The highest BCUT2D eigenvalue weighted by Crippen LogP contribution is 2.18. The third-order valence-corrected chi connectivity index (χ3v) is 5.32. The van der Waals surface area contributed by atoms with Crippen molar-refractivity contribution >= 4 is 11.6 Å². The van der Waals surface area contributed by atoms with Crippen LogP contribution in [0.4, 0.5) is 0 Å². The van der Waals surface area contributed by atoms with Gasteiger partial charge in [-0.25, -0.2) is 4.98 Å². The minimum atomic E-state index is -0.0771. The second-order valence-electron chi connectivity index (χ2n) is 7.50. The van der Waals surface area contributed by atoms with E-state index in [4.69, 9.17) is 0 Å². The quantitative estimate of drug-likeness (QED) is 0.500. The van der Waals surface area contributed by atoms with E-state index in [1.165, 1.54) is 5.56 Å². The van der Waals surface area contributed by atoms with Crippen molar-refractivity contribution in [2.24, 2.45) is 0 Å². The van der Waals surface area contributed by atoms with E-state index in [1.807, 2.05) is 84.4 Å². The zero-order valence-corrected chi connectivity index (χ0v) is 17.3. The summed E-state index contributed by atoms with van der Waals surface area (Å²) in [6.07, 6.45) is 1.96. The Morgan fingerprint density at radius 2 is 1.67 bits per heavy atom. The molecule has 2 heterocycles. The van der Waals surface area contributed by atoms with Crippen LogP contribution in [0.5, 0.6) is 0 Å². The first-order valence-corrected chi connectivity index (χ1v) is 10.2. The zero-order valence-electron chi connectivity index (χ0n) is 17.3. The van der Waals surface area contributed by atoms with Crippen LogP contribution in [0, 0.1) is 0 Å². The zero-order chi connectivity index (χ0) is 20.9. The Balaban J connectivity index is 1.59. The molecule has 0 aliphatic rings. The van der Waals surface area contributed by atoms with Gasteiger partial charge in [0.25, 0.3) is 5.91 Å². The van der Waals surface area contributed by atoms with Gasteiger partial charge >= 0.3 is 0 Å². The van der Waals surface area contributed by atoms with Crippen LogP contribution in [0.1, 0.15) is 40.3 Å². The Hall–Kier alpha value is -3.44. The van der Waals surface area contributed by atoms with E-state index < -0.39 is 0 Å². The van der Waals surface area contributed by atoms with E-state index in [0.29, 0.717) is 18.8 Å². The van der Waals surface area contributed by atoms with Gasteiger partial charge in [0.1, 0.15) is 5.65 Å². The Morgan fingerprint density at radius 1 is 1.00 bits per heavy atom. The normalized spacial score (nSPS) is 12.1. The van der Waals surface area contributed by atoms with Crippen LogP contribution in [0.25, 0.3) is 5.65 Å². The van der Waals surface area contributed by atoms with Gasteiger partial charge in [-0.3, -0.25) is 4.79 Å². The molecule has 1 amide bonds. The number of carbonyl (C=O) groups is 1. The van der Waals surface area contributed by atoms with Crippen molar-refractivity contribution in [1.29, 1.82) is 0 Å². The highest BCUT2D eigenvalue weighted by Gasteiger charge is 2.22. The molecule has 0 bridgehead atoms. The van der Waals surface area contributed by atoms with Gasteiger partial charge < -0.3 is 14.6 Å². The van der Waals surface area contributed by atoms with Crippen molar-refractivity contribution < 1.29 is 4.79 Å². The maximum Gasteiger partial charge on any atom is 0.274 e. The van der Waals surface area contributed by atoms with Gasteiger partial charge in [0, 0.05) is 32.4 Å². The number of hydrogen-bond acceptors (Lipinski definition) is 3. The molecular weight excluding hydrogens is 372 g/mol. The smallest absolute Gasteiger partial charge is 0.274 e. The number of fused-ring (bicyclic) bond motifs is 1. The van der Waals surface area contributed by atoms with E-state index in [9.17, 15) is 4.79 Å². The minimum absolute atomic E-state index is 0.0771. The predicted molar refractivity (Wildman–Crippen MR) is 119 cm³/mol. The first kappa shape index (κ1) is 19.9. The highest BCUT2D eigenvalue weighted by molar-refractivity contribution is 5.94. The molecule has 0 fully saturated rings. The maximum atomic E-state index is 13.3. The van der Waals surface area contributed by atoms with Crippen LogP contribution in [-0.4, -0.2) is 27.2 Å². The summed E-state index contributed by atoms with van der Waals surface area (Å²) in [4.78, 5) is 19.7.